The summed E-state index contributed by atoms with van der Waals surface area (Å²) < 4.78 is 0. The minimum absolute atomic E-state index is 0.0696. The van der Waals surface area contributed by atoms with E-state index in [9.17, 15) is 14.4 Å². The first-order valence-electron chi connectivity index (χ1n) is 12.5. The number of carbonyl (C=O) groups is 3. The summed E-state index contributed by atoms with van der Waals surface area (Å²) in [6.45, 7) is 5.22. The predicted molar refractivity (Wildman–Crippen MR) is 152 cm³/mol. The maximum absolute atomic E-state index is 13.5. The van der Waals surface area contributed by atoms with Gasteiger partial charge in [-0.3, -0.25) is 14.4 Å². The average Bonchev–Trinajstić information content (AvgIpc) is 2.90. The SMILES string of the molecule is CCCNC(CC)/C(=C\N=C(N)Nc1ccc(C(N)=O)cc1)C(=O)Nc1ccccc1CNC(=O)CNC. The first kappa shape index (κ1) is 30.0. The van der Waals surface area contributed by atoms with Gasteiger partial charge in [-0.1, -0.05) is 32.0 Å². The van der Waals surface area contributed by atoms with Gasteiger partial charge in [0.1, 0.15) is 0 Å². The zero-order valence-corrected chi connectivity index (χ0v) is 22.1. The van der Waals surface area contributed by atoms with Crippen molar-refractivity contribution < 1.29 is 14.4 Å². The summed E-state index contributed by atoms with van der Waals surface area (Å²) in [5.74, 6) is -0.938. The number of hydrogen-bond donors (Lipinski definition) is 7. The van der Waals surface area contributed by atoms with Crippen LogP contribution in [0.15, 0.2) is 65.3 Å². The van der Waals surface area contributed by atoms with E-state index in [0.717, 1.165) is 18.5 Å². The summed E-state index contributed by atoms with van der Waals surface area (Å²) in [6, 6.07) is 13.5. The Labute approximate surface area is 223 Å². The van der Waals surface area contributed by atoms with Crippen LogP contribution in [0, 0.1) is 0 Å². The quantitative estimate of drug-likeness (QED) is 0.112. The van der Waals surface area contributed by atoms with E-state index in [1.54, 1.807) is 37.4 Å². The Kier molecular flexibility index (Phi) is 12.5. The van der Waals surface area contributed by atoms with Crippen molar-refractivity contribution in [2.75, 3.05) is 30.8 Å². The molecule has 0 fully saturated rings. The standard InChI is InChI=1S/C27H38N8O3/c1-4-14-31-22(5-2)21(16-33-27(29)34-20-12-10-18(11-13-20)25(28)37)26(38)35-23-9-7-6-8-19(23)15-32-24(36)17-30-3/h6-13,16,22,30-31H,4-5,14-15,17H2,1-3H3,(H2,28,37)(H,32,36)(H,35,38)(H3,29,33,34)/b21-16+. The number of nitrogens with two attached hydrogens (primary N) is 2. The number of carbonyl (C=O) groups excluding carboxylic acids is 3. The van der Waals surface area contributed by atoms with Gasteiger partial charge in [0.25, 0.3) is 5.91 Å². The van der Waals surface area contributed by atoms with E-state index in [-0.39, 0.29) is 36.9 Å². The number of anilines is 2. The first-order chi connectivity index (χ1) is 18.3. The third-order valence-corrected chi connectivity index (χ3v) is 5.55. The number of likely N-dealkylation sites (N-methyl/N-ethyl adjacent to an activating group) is 1. The molecular formula is C27H38N8O3. The molecule has 2 aromatic rings. The fourth-order valence-electron chi connectivity index (χ4n) is 3.54. The Morgan fingerprint density at radius 1 is 1.00 bits per heavy atom. The lowest BCUT2D eigenvalue weighted by Crippen LogP contribution is -2.36. The van der Waals surface area contributed by atoms with Gasteiger partial charge >= 0.3 is 0 Å². The van der Waals surface area contributed by atoms with Crippen LogP contribution in [-0.4, -0.2) is 49.9 Å². The predicted octanol–water partition coefficient (Wildman–Crippen LogP) is 1.65. The van der Waals surface area contributed by atoms with Crippen molar-refractivity contribution in [3.8, 4) is 0 Å². The topological polar surface area (TPSA) is 176 Å². The van der Waals surface area contributed by atoms with Gasteiger partial charge in [-0.2, -0.15) is 0 Å². The molecule has 11 heteroatoms. The van der Waals surface area contributed by atoms with E-state index >= 15 is 0 Å². The highest BCUT2D eigenvalue weighted by molar-refractivity contribution is 6.05. The van der Waals surface area contributed by atoms with Crippen molar-refractivity contribution in [2.24, 2.45) is 16.5 Å². The van der Waals surface area contributed by atoms with Crippen LogP contribution in [0.4, 0.5) is 11.4 Å². The lowest BCUT2D eigenvalue weighted by Gasteiger charge is -2.20. The Morgan fingerprint density at radius 2 is 1.71 bits per heavy atom. The molecule has 0 spiro atoms. The number of guanidine groups is 1. The number of amides is 3. The van der Waals surface area contributed by atoms with Crippen molar-refractivity contribution in [2.45, 2.75) is 39.3 Å². The normalized spacial score (nSPS) is 12.5. The van der Waals surface area contributed by atoms with Crippen LogP contribution in [0.2, 0.25) is 0 Å². The fraction of sp³-hybridized carbons (Fsp3) is 0.333. The lowest BCUT2D eigenvalue weighted by atomic mass is 10.0. The average molecular weight is 523 g/mol. The van der Waals surface area contributed by atoms with Crippen LogP contribution in [0.5, 0.6) is 0 Å². The monoisotopic (exact) mass is 522 g/mol. The number of nitrogens with zero attached hydrogens (tertiary/aromatic N) is 1. The third kappa shape index (κ3) is 9.68. The summed E-state index contributed by atoms with van der Waals surface area (Å²) in [5, 5.41) is 14.9. The van der Waals surface area contributed by atoms with Gasteiger partial charge in [0.05, 0.1) is 12.1 Å². The number of rotatable bonds is 14. The van der Waals surface area contributed by atoms with E-state index in [1.807, 2.05) is 32.0 Å². The molecule has 204 valence electrons. The van der Waals surface area contributed by atoms with Crippen LogP contribution in [0.1, 0.15) is 42.6 Å². The molecule has 3 amide bonds. The third-order valence-electron chi connectivity index (χ3n) is 5.55. The van der Waals surface area contributed by atoms with Crippen molar-refractivity contribution in [3.05, 3.63) is 71.4 Å². The van der Waals surface area contributed by atoms with Crippen LogP contribution in [0.3, 0.4) is 0 Å². The van der Waals surface area contributed by atoms with Gasteiger partial charge in [-0.25, -0.2) is 4.99 Å². The number of benzene rings is 2. The molecule has 0 bridgehead atoms. The van der Waals surface area contributed by atoms with Crippen molar-refractivity contribution in [1.29, 1.82) is 0 Å². The van der Waals surface area contributed by atoms with E-state index in [4.69, 9.17) is 11.5 Å². The summed E-state index contributed by atoms with van der Waals surface area (Å²) in [5.41, 5.74) is 14.1. The summed E-state index contributed by atoms with van der Waals surface area (Å²) >= 11 is 0. The Hall–Kier alpha value is -4.22. The Bertz CT molecular complexity index is 1150. The van der Waals surface area contributed by atoms with E-state index in [2.05, 4.69) is 31.6 Å². The van der Waals surface area contributed by atoms with Gasteiger partial charge in [0.15, 0.2) is 5.96 Å². The number of nitrogens with one attached hydrogen (secondary N) is 5. The molecule has 1 atom stereocenters. The molecule has 0 saturated carbocycles. The van der Waals surface area contributed by atoms with E-state index in [0.29, 0.717) is 28.9 Å². The molecule has 0 aromatic heterocycles. The molecule has 11 nitrogen and oxygen atoms in total. The molecule has 2 rings (SSSR count). The summed E-state index contributed by atoms with van der Waals surface area (Å²) in [7, 11) is 1.70. The van der Waals surface area contributed by atoms with Gasteiger partial charge in [-0.15, -0.1) is 0 Å². The molecule has 0 aliphatic heterocycles. The molecule has 0 aliphatic rings. The molecule has 0 aliphatic carbocycles. The minimum Gasteiger partial charge on any atom is -0.369 e. The van der Waals surface area contributed by atoms with Gasteiger partial charge in [0.2, 0.25) is 11.8 Å². The largest absolute Gasteiger partial charge is 0.369 e. The van der Waals surface area contributed by atoms with Crippen molar-refractivity contribution >= 4 is 35.1 Å². The number of para-hydroxylation sites is 1. The second-order valence-electron chi connectivity index (χ2n) is 8.50. The van der Waals surface area contributed by atoms with Crippen LogP contribution in [0.25, 0.3) is 0 Å². The van der Waals surface area contributed by atoms with Gasteiger partial charge in [-0.05, 0) is 62.3 Å². The highest BCUT2D eigenvalue weighted by Gasteiger charge is 2.20. The second-order valence-corrected chi connectivity index (χ2v) is 8.50. The second kappa shape index (κ2) is 15.8. The molecule has 2 aromatic carbocycles. The molecule has 0 radical (unpaired) electrons. The van der Waals surface area contributed by atoms with Crippen molar-refractivity contribution in [1.82, 2.24) is 16.0 Å². The Balaban J connectivity index is 2.26. The van der Waals surface area contributed by atoms with Crippen LogP contribution in [-0.2, 0) is 16.1 Å². The fourth-order valence-corrected chi connectivity index (χ4v) is 3.54. The number of hydrogen-bond acceptors (Lipinski definition) is 6. The minimum atomic E-state index is -0.524. The number of aliphatic imine (C=N–C) groups is 1. The Morgan fingerprint density at radius 3 is 2.34 bits per heavy atom. The first-order valence-corrected chi connectivity index (χ1v) is 12.5. The lowest BCUT2D eigenvalue weighted by molar-refractivity contribution is -0.120. The van der Waals surface area contributed by atoms with Crippen LogP contribution < -0.4 is 38.1 Å². The summed E-state index contributed by atoms with van der Waals surface area (Å²) in [4.78, 5) is 40.9. The zero-order chi connectivity index (χ0) is 27.9. The highest BCUT2D eigenvalue weighted by atomic mass is 16.2. The molecule has 1 unspecified atom stereocenters. The van der Waals surface area contributed by atoms with Crippen LogP contribution >= 0.6 is 0 Å². The molecular weight excluding hydrogens is 484 g/mol. The van der Waals surface area contributed by atoms with E-state index < -0.39 is 5.91 Å². The molecule has 0 saturated heterocycles. The molecule has 38 heavy (non-hydrogen) atoms. The van der Waals surface area contributed by atoms with E-state index in [1.165, 1.54) is 6.20 Å². The smallest absolute Gasteiger partial charge is 0.254 e. The van der Waals surface area contributed by atoms with Gasteiger partial charge in [0, 0.05) is 35.7 Å². The molecule has 0 heterocycles. The van der Waals surface area contributed by atoms with Gasteiger partial charge < -0.3 is 38.1 Å². The maximum Gasteiger partial charge on any atom is 0.254 e. The molecule has 9 N–H and O–H groups in total. The van der Waals surface area contributed by atoms with Crippen molar-refractivity contribution in [3.63, 3.8) is 0 Å². The zero-order valence-electron chi connectivity index (χ0n) is 22.1. The maximum atomic E-state index is 13.5. The highest BCUT2D eigenvalue weighted by Crippen LogP contribution is 2.18. The summed E-state index contributed by atoms with van der Waals surface area (Å²) in [6.07, 6.45) is 3.00. The number of primary amides is 1.